The fourth-order valence-electron chi connectivity index (χ4n) is 1.67. The summed E-state index contributed by atoms with van der Waals surface area (Å²) in [7, 11) is -12.0. The number of rotatable bonds is 8. The third-order valence-corrected chi connectivity index (χ3v) is 4.37. The fourth-order valence-corrected chi connectivity index (χ4v) is 3.00. The first kappa shape index (κ1) is 20.9. The molecule has 1 heterocycles. The molecular formula is C8H9NO14S2. The molecule has 2 amide bonds. The summed E-state index contributed by atoms with van der Waals surface area (Å²) in [5.41, 5.74) is 0. The van der Waals surface area contributed by atoms with Gasteiger partial charge in [-0.05, 0) is 0 Å². The van der Waals surface area contributed by atoms with Gasteiger partial charge < -0.3 is 10.2 Å². The number of carbonyl (C=O) groups is 4. The van der Waals surface area contributed by atoms with E-state index in [1.807, 2.05) is 0 Å². The maximum atomic E-state index is 11.5. The quantitative estimate of drug-likeness (QED) is 0.232. The molecule has 0 aromatic carbocycles. The maximum Gasteiger partial charge on any atom is 0.398 e. The Labute approximate surface area is 138 Å². The molecule has 142 valence electrons. The van der Waals surface area contributed by atoms with E-state index in [-0.39, 0.29) is 0 Å². The van der Waals surface area contributed by atoms with Crippen LogP contribution in [0.15, 0.2) is 0 Å². The van der Waals surface area contributed by atoms with E-state index >= 15 is 0 Å². The largest absolute Gasteiger partial charge is 0.479 e. The Bertz CT molecular complexity index is 811. The lowest BCUT2D eigenvalue weighted by molar-refractivity contribution is -0.232. The lowest BCUT2D eigenvalue weighted by Crippen LogP contribution is -2.64. The second-order valence-corrected chi connectivity index (χ2v) is 6.97. The summed E-state index contributed by atoms with van der Waals surface area (Å²) >= 11 is 0. The molecule has 1 fully saturated rings. The fraction of sp³-hybridized carbons (Fsp3) is 0.500. The monoisotopic (exact) mass is 407 g/mol. The first-order valence-corrected chi connectivity index (χ1v) is 8.58. The third kappa shape index (κ3) is 4.08. The molecular weight excluding hydrogens is 398 g/mol. The number of hydroxylamine groups is 2. The van der Waals surface area contributed by atoms with Gasteiger partial charge in [-0.3, -0.25) is 18.7 Å². The number of amides is 2. The second-order valence-electron chi connectivity index (χ2n) is 4.36. The van der Waals surface area contributed by atoms with Gasteiger partial charge in [0.25, 0.3) is 11.8 Å². The summed E-state index contributed by atoms with van der Waals surface area (Å²) in [6.07, 6.45) is -4.79. The Morgan fingerprint density at radius 2 is 1.48 bits per heavy atom. The Hall–Kier alpha value is -2.18. The van der Waals surface area contributed by atoms with Crippen molar-refractivity contribution < 1.29 is 64.4 Å². The average Bonchev–Trinajstić information content (AvgIpc) is 2.70. The van der Waals surface area contributed by atoms with Gasteiger partial charge in [0.15, 0.2) is 0 Å². The van der Waals surface area contributed by atoms with Gasteiger partial charge in [-0.25, -0.2) is 18.6 Å². The standard InChI is InChI=1S/C8H9NO14S2/c10-3-1-2-4(11)9(3)23-8(7(14)15,24(16,17)18)5(6(12)13)22-25(19,20)21/h5H,1-2H2,(H,12,13)(H,14,15)(H,16,17,18)(H,19,20,21)/t5-,8-/m0/s1. The first-order chi connectivity index (χ1) is 11.1. The van der Waals surface area contributed by atoms with Gasteiger partial charge in [-0.15, -0.1) is 0 Å². The molecule has 0 aromatic heterocycles. The summed E-state index contributed by atoms with van der Waals surface area (Å²) in [5.74, 6) is -8.14. The minimum atomic E-state index is -6.23. The van der Waals surface area contributed by atoms with Crippen molar-refractivity contribution >= 4 is 44.3 Å². The molecule has 1 aliphatic heterocycles. The summed E-state index contributed by atoms with van der Waals surface area (Å²) in [6, 6.07) is 0. The molecule has 0 unspecified atom stereocenters. The molecule has 4 N–H and O–H groups in total. The van der Waals surface area contributed by atoms with Crippen molar-refractivity contribution in [2.45, 2.75) is 23.9 Å². The average molecular weight is 407 g/mol. The number of nitrogens with zero attached hydrogens (tertiary/aromatic N) is 1. The highest BCUT2D eigenvalue weighted by molar-refractivity contribution is 7.88. The number of carboxylic acid groups (broad SMARTS) is 2. The number of carboxylic acids is 2. The zero-order valence-electron chi connectivity index (χ0n) is 11.6. The number of hydrogen-bond acceptors (Lipinski definition) is 10. The Balaban J connectivity index is 3.66. The molecule has 1 saturated heterocycles. The van der Waals surface area contributed by atoms with Gasteiger partial charge in [0, 0.05) is 12.8 Å². The molecule has 2 atom stereocenters. The predicted molar refractivity (Wildman–Crippen MR) is 68.1 cm³/mol. The van der Waals surface area contributed by atoms with Gasteiger partial charge >= 0.3 is 37.4 Å². The van der Waals surface area contributed by atoms with Gasteiger partial charge in [0.2, 0.25) is 6.10 Å². The van der Waals surface area contributed by atoms with Crippen LogP contribution in [0.4, 0.5) is 0 Å². The minimum Gasteiger partial charge on any atom is -0.479 e. The van der Waals surface area contributed by atoms with Gasteiger partial charge in [-0.2, -0.15) is 21.9 Å². The highest BCUT2D eigenvalue weighted by atomic mass is 32.3. The van der Waals surface area contributed by atoms with Crippen LogP contribution in [-0.2, 0) is 48.7 Å². The van der Waals surface area contributed by atoms with Crippen LogP contribution in [0.1, 0.15) is 12.8 Å². The van der Waals surface area contributed by atoms with E-state index in [0.717, 1.165) is 0 Å². The maximum absolute atomic E-state index is 11.5. The van der Waals surface area contributed by atoms with E-state index in [1.165, 1.54) is 0 Å². The van der Waals surface area contributed by atoms with E-state index in [9.17, 15) is 36.0 Å². The van der Waals surface area contributed by atoms with Gasteiger partial charge in [0.05, 0.1) is 0 Å². The summed E-state index contributed by atoms with van der Waals surface area (Å²) < 4.78 is 65.6. The van der Waals surface area contributed by atoms with Crippen LogP contribution >= 0.6 is 0 Å². The summed E-state index contributed by atoms with van der Waals surface area (Å²) in [5, 5.41) is 17.5. The van der Waals surface area contributed by atoms with Crippen molar-refractivity contribution in [1.82, 2.24) is 5.06 Å². The molecule has 25 heavy (non-hydrogen) atoms. The molecule has 0 radical (unpaired) electrons. The number of aliphatic carboxylic acids is 2. The van der Waals surface area contributed by atoms with Crippen molar-refractivity contribution in [2.24, 2.45) is 0 Å². The molecule has 0 aromatic rings. The van der Waals surface area contributed by atoms with Gasteiger partial charge in [-0.1, -0.05) is 0 Å². The van der Waals surface area contributed by atoms with Gasteiger partial charge in [0.1, 0.15) is 0 Å². The summed E-state index contributed by atoms with van der Waals surface area (Å²) in [6.45, 7) is 0. The third-order valence-electron chi connectivity index (χ3n) is 2.70. The Morgan fingerprint density at radius 1 is 1.04 bits per heavy atom. The van der Waals surface area contributed by atoms with Crippen molar-refractivity contribution in [3.05, 3.63) is 0 Å². The second kappa shape index (κ2) is 6.61. The number of imide groups is 1. The van der Waals surface area contributed by atoms with Crippen LogP contribution in [-0.4, -0.2) is 76.0 Å². The normalized spacial score (nSPS) is 19.5. The molecule has 0 bridgehead atoms. The van der Waals surface area contributed by atoms with E-state index in [1.54, 1.807) is 0 Å². The van der Waals surface area contributed by atoms with Crippen molar-refractivity contribution in [2.75, 3.05) is 0 Å². The molecule has 1 rings (SSSR count). The number of carbonyl (C=O) groups excluding carboxylic acids is 2. The van der Waals surface area contributed by atoms with Crippen LogP contribution in [0.2, 0.25) is 0 Å². The lowest BCUT2D eigenvalue weighted by atomic mass is 10.2. The molecule has 15 nitrogen and oxygen atoms in total. The highest BCUT2D eigenvalue weighted by Gasteiger charge is 2.67. The van der Waals surface area contributed by atoms with Crippen LogP contribution in [0, 0.1) is 0 Å². The Kier molecular flexibility index (Phi) is 5.52. The number of hydrogen-bond donors (Lipinski definition) is 4. The topological polar surface area (TPSA) is 239 Å². The first-order valence-electron chi connectivity index (χ1n) is 5.77. The van der Waals surface area contributed by atoms with E-state index in [2.05, 4.69) is 9.02 Å². The molecule has 0 aliphatic carbocycles. The Morgan fingerprint density at radius 3 is 1.76 bits per heavy atom. The van der Waals surface area contributed by atoms with Crippen molar-refractivity contribution in [3.8, 4) is 0 Å². The molecule has 1 aliphatic rings. The van der Waals surface area contributed by atoms with Crippen LogP contribution in [0.5, 0.6) is 0 Å². The minimum absolute atomic E-state index is 0.467. The highest BCUT2D eigenvalue weighted by Crippen LogP contribution is 2.31. The van der Waals surface area contributed by atoms with Crippen LogP contribution in [0.3, 0.4) is 0 Å². The van der Waals surface area contributed by atoms with E-state index in [4.69, 9.17) is 19.3 Å². The predicted octanol–water partition coefficient (Wildman–Crippen LogP) is -2.99. The zero-order valence-corrected chi connectivity index (χ0v) is 13.3. The zero-order chi connectivity index (χ0) is 19.8. The summed E-state index contributed by atoms with van der Waals surface area (Å²) in [4.78, 5) is 45.0. The smallest absolute Gasteiger partial charge is 0.398 e. The SMILES string of the molecule is O=C(O)[C@H](OS(=O)(=O)O)[C@@](ON1C(=O)CCC1=O)(C(=O)O)S(=O)(=O)O. The van der Waals surface area contributed by atoms with Crippen molar-refractivity contribution in [3.63, 3.8) is 0 Å². The van der Waals surface area contributed by atoms with E-state index < -0.39 is 73.2 Å². The lowest BCUT2D eigenvalue weighted by Gasteiger charge is -2.31. The molecule has 0 saturated carbocycles. The van der Waals surface area contributed by atoms with E-state index in [0.29, 0.717) is 0 Å². The van der Waals surface area contributed by atoms with Crippen LogP contribution in [0.25, 0.3) is 0 Å². The van der Waals surface area contributed by atoms with Crippen LogP contribution < -0.4 is 0 Å². The molecule has 17 heteroatoms. The molecule has 0 spiro atoms. The van der Waals surface area contributed by atoms with Crippen molar-refractivity contribution in [1.29, 1.82) is 0 Å².